The second-order valence-electron chi connectivity index (χ2n) is 4.15. The number of hydrogen-bond acceptors (Lipinski definition) is 3. The van der Waals surface area contributed by atoms with Crippen LogP contribution in [0, 0.1) is 17.5 Å². The predicted octanol–water partition coefficient (Wildman–Crippen LogP) is 2.67. The van der Waals surface area contributed by atoms with Gasteiger partial charge in [-0.05, 0) is 36.4 Å². The first-order valence-electron chi connectivity index (χ1n) is 5.81. The molecule has 1 atom stereocenters. The van der Waals surface area contributed by atoms with Gasteiger partial charge in [0.25, 0.3) is 0 Å². The molecule has 0 saturated heterocycles. The monoisotopic (exact) mass is 282 g/mol. The Kier molecular flexibility index (Phi) is 4.26. The van der Waals surface area contributed by atoms with Crippen LogP contribution in [0.5, 0.6) is 5.75 Å². The third-order valence-electron chi connectivity index (χ3n) is 2.94. The van der Waals surface area contributed by atoms with Crippen LogP contribution in [0.3, 0.4) is 0 Å². The average Bonchev–Trinajstić information content (AvgIpc) is 2.44. The topological polar surface area (TPSA) is 47.3 Å². The fraction of sp³-hybridized carbons (Fsp3) is 0.143. The summed E-state index contributed by atoms with van der Waals surface area (Å²) in [4.78, 5) is 0. The fourth-order valence-corrected chi connectivity index (χ4v) is 2.01. The molecule has 20 heavy (non-hydrogen) atoms. The van der Waals surface area contributed by atoms with Crippen LogP contribution in [0.4, 0.5) is 13.2 Å². The van der Waals surface area contributed by atoms with Gasteiger partial charge >= 0.3 is 0 Å². The van der Waals surface area contributed by atoms with Gasteiger partial charge in [0.1, 0.15) is 23.2 Å². The highest BCUT2D eigenvalue weighted by Crippen LogP contribution is 2.31. The molecule has 106 valence electrons. The van der Waals surface area contributed by atoms with Gasteiger partial charge in [0.05, 0.1) is 13.2 Å². The zero-order valence-corrected chi connectivity index (χ0v) is 10.7. The van der Waals surface area contributed by atoms with Crippen molar-refractivity contribution in [3.05, 3.63) is 65.0 Å². The molecule has 0 radical (unpaired) electrons. The van der Waals surface area contributed by atoms with Crippen LogP contribution >= 0.6 is 0 Å². The predicted molar refractivity (Wildman–Crippen MR) is 68.5 cm³/mol. The van der Waals surface area contributed by atoms with Crippen molar-refractivity contribution in [3.63, 3.8) is 0 Å². The molecule has 2 aromatic carbocycles. The zero-order valence-electron chi connectivity index (χ0n) is 10.7. The normalized spacial score (nSPS) is 12.2. The molecule has 6 heteroatoms. The number of nitrogens with one attached hydrogen (secondary N) is 1. The number of benzene rings is 2. The Hall–Kier alpha value is -2.05. The van der Waals surface area contributed by atoms with Crippen molar-refractivity contribution in [3.8, 4) is 5.75 Å². The van der Waals surface area contributed by atoms with E-state index in [-0.39, 0.29) is 11.1 Å². The van der Waals surface area contributed by atoms with Gasteiger partial charge in [-0.3, -0.25) is 5.84 Å². The molecule has 0 heterocycles. The van der Waals surface area contributed by atoms with Crippen LogP contribution in [0.2, 0.25) is 0 Å². The van der Waals surface area contributed by atoms with E-state index in [0.29, 0.717) is 5.75 Å². The van der Waals surface area contributed by atoms with E-state index in [2.05, 4.69) is 5.43 Å². The minimum absolute atomic E-state index is 0.0311. The van der Waals surface area contributed by atoms with Crippen molar-refractivity contribution < 1.29 is 17.9 Å². The zero-order chi connectivity index (χ0) is 14.7. The van der Waals surface area contributed by atoms with E-state index < -0.39 is 23.5 Å². The van der Waals surface area contributed by atoms with E-state index in [1.165, 1.54) is 19.2 Å². The first kappa shape index (κ1) is 14.4. The molecule has 0 bridgehead atoms. The van der Waals surface area contributed by atoms with E-state index in [0.717, 1.165) is 24.3 Å². The highest BCUT2D eigenvalue weighted by Gasteiger charge is 2.21. The summed E-state index contributed by atoms with van der Waals surface area (Å²) in [7, 11) is 1.40. The van der Waals surface area contributed by atoms with E-state index in [1.807, 2.05) is 0 Å². The minimum Gasteiger partial charge on any atom is -0.496 e. The SMILES string of the molecule is COc1ccc(F)cc1C(NN)c1cc(F)ccc1F. The molecule has 3 nitrogen and oxygen atoms in total. The lowest BCUT2D eigenvalue weighted by atomic mass is 9.97. The lowest BCUT2D eigenvalue weighted by molar-refractivity contribution is 0.401. The highest BCUT2D eigenvalue weighted by atomic mass is 19.1. The minimum atomic E-state index is -0.934. The van der Waals surface area contributed by atoms with Crippen LogP contribution in [0.1, 0.15) is 17.2 Å². The molecule has 0 aliphatic carbocycles. The van der Waals surface area contributed by atoms with Crippen LogP contribution in [0.15, 0.2) is 36.4 Å². The van der Waals surface area contributed by atoms with Gasteiger partial charge in [-0.15, -0.1) is 0 Å². The summed E-state index contributed by atoms with van der Waals surface area (Å²) in [5, 5.41) is 0. The molecular weight excluding hydrogens is 269 g/mol. The van der Waals surface area contributed by atoms with Crippen LogP contribution in [-0.2, 0) is 0 Å². The van der Waals surface area contributed by atoms with Crippen molar-refractivity contribution in [2.24, 2.45) is 5.84 Å². The molecule has 2 aromatic rings. The Morgan fingerprint density at radius 1 is 1.00 bits per heavy atom. The van der Waals surface area contributed by atoms with Crippen molar-refractivity contribution in [1.82, 2.24) is 5.43 Å². The molecule has 0 spiro atoms. The summed E-state index contributed by atoms with van der Waals surface area (Å²) in [6.07, 6.45) is 0. The number of methoxy groups -OCH3 is 1. The van der Waals surface area contributed by atoms with Crippen molar-refractivity contribution in [2.75, 3.05) is 7.11 Å². The van der Waals surface area contributed by atoms with Crippen molar-refractivity contribution in [1.29, 1.82) is 0 Å². The maximum Gasteiger partial charge on any atom is 0.128 e. The third-order valence-corrected chi connectivity index (χ3v) is 2.94. The van der Waals surface area contributed by atoms with Gasteiger partial charge in [0.15, 0.2) is 0 Å². The molecular formula is C14H13F3N2O. The third kappa shape index (κ3) is 2.76. The highest BCUT2D eigenvalue weighted by molar-refractivity contribution is 5.42. The van der Waals surface area contributed by atoms with E-state index in [4.69, 9.17) is 10.6 Å². The quantitative estimate of drug-likeness (QED) is 0.669. The fourth-order valence-electron chi connectivity index (χ4n) is 2.01. The maximum atomic E-state index is 13.8. The Bertz CT molecular complexity index is 619. The Labute approximate surface area is 114 Å². The number of hydrogen-bond donors (Lipinski definition) is 2. The first-order valence-corrected chi connectivity index (χ1v) is 5.81. The van der Waals surface area contributed by atoms with Crippen molar-refractivity contribution in [2.45, 2.75) is 6.04 Å². The number of nitrogens with two attached hydrogens (primary N) is 1. The largest absolute Gasteiger partial charge is 0.496 e. The number of rotatable bonds is 4. The smallest absolute Gasteiger partial charge is 0.128 e. The molecule has 0 saturated carbocycles. The van der Waals surface area contributed by atoms with E-state index in [9.17, 15) is 13.2 Å². The van der Waals surface area contributed by atoms with E-state index in [1.54, 1.807) is 0 Å². The molecule has 3 N–H and O–H groups in total. The molecule has 0 aliphatic rings. The first-order chi connectivity index (χ1) is 9.56. The summed E-state index contributed by atoms with van der Waals surface area (Å²) >= 11 is 0. The second kappa shape index (κ2) is 5.94. The summed E-state index contributed by atoms with van der Waals surface area (Å²) < 4.78 is 45.6. The van der Waals surface area contributed by atoms with Crippen LogP contribution < -0.4 is 16.0 Å². The lowest BCUT2D eigenvalue weighted by Crippen LogP contribution is -2.30. The number of halogens is 3. The van der Waals surface area contributed by atoms with Gasteiger partial charge in [-0.1, -0.05) is 0 Å². The van der Waals surface area contributed by atoms with Crippen molar-refractivity contribution >= 4 is 0 Å². The van der Waals surface area contributed by atoms with Gasteiger partial charge < -0.3 is 4.74 Å². The Morgan fingerprint density at radius 3 is 2.20 bits per heavy atom. The molecule has 0 amide bonds. The molecule has 0 fully saturated rings. The Balaban J connectivity index is 2.57. The van der Waals surface area contributed by atoms with Gasteiger partial charge in [0.2, 0.25) is 0 Å². The Morgan fingerprint density at radius 2 is 1.60 bits per heavy atom. The van der Waals surface area contributed by atoms with Gasteiger partial charge in [-0.2, -0.15) is 0 Å². The van der Waals surface area contributed by atoms with E-state index >= 15 is 0 Å². The number of ether oxygens (including phenoxy) is 1. The maximum absolute atomic E-state index is 13.8. The molecule has 0 aliphatic heterocycles. The summed E-state index contributed by atoms with van der Waals surface area (Å²) in [5.74, 6) is 3.93. The lowest BCUT2D eigenvalue weighted by Gasteiger charge is -2.20. The van der Waals surface area contributed by atoms with Gasteiger partial charge in [0, 0.05) is 11.1 Å². The average molecular weight is 282 g/mol. The molecule has 0 aromatic heterocycles. The van der Waals surface area contributed by atoms with Crippen LogP contribution in [-0.4, -0.2) is 7.11 Å². The standard InChI is InChI=1S/C14H13F3N2O/c1-20-13-5-3-9(16)7-11(13)14(19-18)10-6-8(15)2-4-12(10)17/h2-7,14,19H,18H2,1H3. The molecule has 2 rings (SSSR count). The van der Waals surface area contributed by atoms with Gasteiger partial charge in [-0.25, -0.2) is 18.6 Å². The summed E-state index contributed by atoms with van der Waals surface area (Å²) in [5.41, 5.74) is 2.60. The summed E-state index contributed by atoms with van der Waals surface area (Å²) in [6.45, 7) is 0. The molecule has 1 unspecified atom stereocenters. The summed E-state index contributed by atoms with van der Waals surface area (Å²) in [6, 6.07) is 5.81. The number of hydrazine groups is 1. The second-order valence-corrected chi connectivity index (χ2v) is 4.15. The van der Waals surface area contributed by atoms with Crippen LogP contribution in [0.25, 0.3) is 0 Å².